The SMILES string of the molecule is CCN(CC)C(=O)COC(=O)c1cc(N)cc(Cl)c1. The fourth-order valence-electron chi connectivity index (χ4n) is 1.61. The van der Waals surface area contributed by atoms with Gasteiger partial charge in [0, 0.05) is 23.8 Å². The molecule has 0 saturated carbocycles. The number of carbonyl (C=O) groups excluding carboxylic acids is 2. The molecule has 0 fully saturated rings. The lowest BCUT2D eigenvalue weighted by molar-refractivity contribution is -0.134. The highest BCUT2D eigenvalue weighted by Gasteiger charge is 2.14. The zero-order chi connectivity index (χ0) is 14.4. The molecule has 0 spiro atoms. The molecule has 104 valence electrons. The minimum atomic E-state index is -0.616. The number of nitrogens with two attached hydrogens (primary N) is 1. The zero-order valence-corrected chi connectivity index (χ0v) is 11.7. The second-order valence-corrected chi connectivity index (χ2v) is 4.35. The largest absolute Gasteiger partial charge is 0.452 e. The van der Waals surface area contributed by atoms with Gasteiger partial charge in [0.05, 0.1) is 5.56 Å². The highest BCUT2D eigenvalue weighted by molar-refractivity contribution is 6.31. The molecule has 5 nitrogen and oxygen atoms in total. The van der Waals surface area contributed by atoms with E-state index in [1.54, 1.807) is 4.90 Å². The highest BCUT2D eigenvalue weighted by atomic mass is 35.5. The summed E-state index contributed by atoms with van der Waals surface area (Å²) in [5.74, 6) is -0.844. The van der Waals surface area contributed by atoms with Gasteiger partial charge in [-0.1, -0.05) is 11.6 Å². The highest BCUT2D eigenvalue weighted by Crippen LogP contribution is 2.17. The molecule has 1 aromatic rings. The fraction of sp³-hybridized carbons (Fsp3) is 0.385. The second-order valence-electron chi connectivity index (χ2n) is 3.92. The third-order valence-electron chi connectivity index (χ3n) is 2.60. The van der Waals surface area contributed by atoms with Crippen LogP contribution in [0.5, 0.6) is 0 Å². The maximum Gasteiger partial charge on any atom is 0.338 e. The van der Waals surface area contributed by atoms with Crippen LogP contribution in [0.25, 0.3) is 0 Å². The molecule has 0 heterocycles. The van der Waals surface area contributed by atoms with Crippen LogP contribution in [0.1, 0.15) is 24.2 Å². The van der Waals surface area contributed by atoms with Crippen molar-refractivity contribution in [3.8, 4) is 0 Å². The second kappa shape index (κ2) is 6.99. The first-order valence-electron chi connectivity index (χ1n) is 5.98. The smallest absolute Gasteiger partial charge is 0.338 e. The number of halogens is 1. The van der Waals surface area contributed by atoms with Gasteiger partial charge in [-0.15, -0.1) is 0 Å². The third kappa shape index (κ3) is 4.44. The molecular weight excluding hydrogens is 268 g/mol. The van der Waals surface area contributed by atoms with E-state index in [0.29, 0.717) is 23.8 Å². The number of benzene rings is 1. The van der Waals surface area contributed by atoms with Crippen LogP contribution >= 0.6 is 11.6 Å². The molecule has 0 saturated heterocycles. The summed E-state index contributed by atoms with van der Waals surface area (Å²) in [6.45, 7) is 4.60. The quantitative estimate of drug-likeness (QED) is 0.662. The lowest BCUT2D eigenvalue weighted by atomic mass is 10.2. The maximum atomic E-state index is 11.7. The van der Waals surface area contributed by atoms with Gasteiger partial charge in [0.25, 0.3) is 5.91 Å². The van der Waals surface area contributed by atoms with Gasteiger partial charge in [-0.25, -0.2) is 4.79 Å². The van der Waals surface area contributed by atoms with Crippen molar-refractivity contribution in [2.45, 2.75) is 13.8 Å². The van der Waals surface area contributed by atoms with Crippen LogP contribution in [0.2, 0.25) is 5.02 Å². The number of nitrogen functional groups attached to an aromatic ring is 1. The van der Waals surface area contributed by atoms with E-state index in [-0.39, 0.29) is 18.1 Å². The molecule has 1 amide bonds. The van der Waals surface area contributed by atoms with Crippen LogP contribution in [0.3, 0.4) is 0 Å². The molecule has 1 rings (SSSR count). The Hall–Kier alpha value is -1.75. The van der Waals surface area contributed by atoms with E-state index in [1.165, 1.54) is 18.2 Å². The molecule has 0 aliphatic carbocycles. The number of hydrogen-bond donors (Lipinski definition) is 1. The molecule has 0 bridgehead atoms. The average Bonchev–Trinajstić information content (AvgIpc) is 2.36. The van der Waals surface area contributed by atoms with Crippen LogP contribution in [0, 0.1) is 0 Å². The van der Waals surface area contributed by atoms with E-state index in [2.05, 4.69) is 0 Å². The van der Waals surface area contributed by atoms with Crippen molar-refractivity contribution in [2.24, 2.45) is 0 Å². The number of anilines is 1. The van der Waals surface area contributed by atoms with E-state index in [1.807, 2.05) is 13.8 Å². The average molecular weight is 285 g/mol. The Kier molecular flexibility index (Phi) is 5.63. The minimum absolute atomic E-state index is 0.228. The summed E-state index contributed by atoms with van der Waals surface area (Å²) in [5.41, 5.74) is 6.18. The Morgan fingerprint density at radius 3 is 2.42 bits per heavy atom. The van der Waals surface area contributed by atoms with Crippen molar-refractivity contribution < 1.29 is 14.3 Å². The number of likely N-dealkylation sites (N-methyl/N-ethyl adjacent to an activating group) is 1. The summed E-state index contributed by atoms with van der Waals surface area (Å²) in [4.78, 5) is 25.0. The van der Waals surface area contributed by atoms with Gasteiger partial charge >= 0.3 is 5.97 Å². The molecule has 0 aromatic heterocycles. The van der Waals surface area contributed by atoms with E-state index in [0.717, 1.165) is 0 Å². The minimum Gasteiger partial charge on any atom is -0.452 e. The Bertz CT molecular complexity index is 453. The Balaban J connectivity index is 2.63. The van der Waals surface area contributed by atoms with E-state index < -0.39 is 5.97 Å². The summed E-state index contributed by atoms with van der Waals surface area (Å²) >= 11 is 5.79. The number of hydrogen-bond acceptors (Lipinski definition) is 4. The number of nitrogens with zero attached hydrogens (tertiary/aromatic N) is 1. The monoisotopic (exact) mass is 284 g/mol. The van der Waals surface area contributed by atoms with Gasteiger partial charge in [-0.05, 0) is 32.0 Å². The number of ether oxygens (including phenoxy) is 1. The Labute approximate surface area is 117 Å². The van der Waals surface area contributed by atoms with E-state index >= 15 is 0 Å². The molecule has 0 aliphatic heterocycles. The zero-order valence-electron chi connectivity index (χ0n) is 11.0. The number of carbonyl (C=O) groups is 2. The van der Waals surface area contributed by atoms with Crippen LogP contribution < -0.4 is 5.73 Å². The van der Waals surface area contributed by atoms with Crippen molar-refractivity contribution in [2.75, 3.05) is 25.4 Å². The first-order chi connectivity index (χ1) is 8.97. The first-order valence-corrected chi connectivity index (χ1v) is 6.36. The lowest BCUT2D eigenvalue weighted by Gasteiger charge is -2.18. The van der Waals surface area contributed by atoms with Crippen molar-refractivity contribution in [1.29, 1.82) is 0 Å². The molecule has 19 heavy (non-hydrogen) atoms. The van der Waals surface area contributed by atoms with Crippen LogP contribution in [0.15, 0.2) is 18.2 Å². The molecule has 0 unspecified atom stereocenters. The topological polar surface area (TPSA) is 72.6 Å². The van der Waals surface area contributed by atoms with Crippen LogP contribution in [0.4, 0.5) is 5.69 Å². The van der Waals surface area contributed by atoms with Gasteiger partial charge in [0.15, 0.2) is 6.61 Å². The van der Waals surface area contributed by atoms with Gasteiger partial charge in [0.1, 0.15) is 0 Å². The van der Waals surface area contributed by atoms with Crippen LogP contribution in [-0.2, 0) is 9.53 Å². The van der Waals surface area contributed by atoms with Gasteiger partial charge in [-0.3, -0.25) is 4.79 Å². The molecular formula is C13H17ClN2O3. The summed E-state index contributed by atoms with van der Waals surface area (Å²) in [5, 5.41) is 0.349. The van der Waals surface area contributed by atoms with Gasteiger partial charge in [0.2, 0.25) is 0 Å². The van der Waals surface area contributed by atoms with Crippen molar-refractivity contribution in [1.82, 2.24) is 4.90 Å². The third-order valence-corrected chi connectivity index (χ3v) is 2.82. The number of esters is 1. The molecule has 6 heteroatoms. The van der Waals surface area contributed by atoms with E-state index in [9.17, 15) is 9.59 Å². The van der Waals surface area contributed by atoms with Gasteiger partial charge < -0.3 is 15.4 Å². The Morgan fingerprint density at radius 2 is 1.89 bits per heavy atom. The molecule has 2 N–H and O–H groups in total. The van der Waals surface area contributed by atoms with E-state index in [4.69, 9.17) is 22.1 Å². The molecule has 0 aliphatic rings. The predicted octanol–water partition coefficient (Wildman–Crippen LogP) is 1.95. The summed E-state index contributed by atoms with van der Waals surface area (Å²) in [7, 11) is 0. The molecule has 0 atom stereocenters. The summed E-state index contributed by atoms with van der Waals surface area (Å²) in [6.07, 6.45) is 0. The summed E-state index contributed by atoms with van der Waals surface area (Å²) in [6, 6.07) is 4.43. The van der Waals surface area contributed by atoms with Crippen LogP contribution in [-0.4, -0.2) is 36.5 Å². The van der Waals surface area contributed by atoms with Crippen molar-refractivity contribution in [3.05, 3.63) is 28.8 Å². The van der Waals surface area contributed by atoms with Crippen molar-refractivity contribution >= 4 is 29.2 Å². The first kappa shape index (κ1) is 15.3. The number of rotatable bonds is 5. The Morgan fingerprint density at radius 1 is 1.26 bits per heavy atom. The summed E-state index contributed by atoms with van der Waals surface area (Å²) < 4.78 is 4.94. The fourth-order valence-corrected chi connectivity index (χ4v) is 1.85. The predicted molar refractivity (Wildman–Crippen MR) is 74.1 cm³/mol. The standard InChI is InChI=1S/C13H17ClN2O3/c1-3-16(4-2)12(17)8-19-13(18)9-5-10(14)7-11(15)6-9/h5-7H,3-4,8,15H2,1-2H3. The normalized spacial score (nSPS) is 10.1. The maximum absolute atomic E-state index is 11.7. The van der Waals surface area contributed by atoms with Crippen molar-refractivity contribution in [3.63, 3.8) is 0 Å². The van der Waals surface area contributed by atoms with Gasteiger partial charge in [-0.2, -0.15) is 0 Å². The molecule has 1 aromatic carbocycles. The molecule has 0 radical (unpaired) electrons. The lowest BCUT2D eigenvalue weighted by Crippen LogP contribution is -2.34. The number of amides is 1.